The Bertz CT molecular complexity index is 71.3. The summed E-state index contributed by atoms with van der Waals surface area (Å²) in [5.74, 6) is 0.849. The minimum absolute atomic E-state index is 0.849. The maximum absolute atomic E-state index is 5.02. The fraction of sp³-hybridized carbons (Fsp3) is 1.00. The Balaban J connectivity index is 3.02. The average molecular weight is 158 g/mol. The van der Waals surface area contributed by atoms with Crippen molar-refractivity contribution in [3.63, 3.8) is 0 Å². The van der Waals surface area contributed by atoms with Crippen molar-refractivity contribution in [1.82, 2.24) is 0 Å². The molecule has 1 heteroatoms. The van der Waals surface area contributed by atoms with Gasteiger partial charge in [-0.15, -0.1) is 0 Å². The van der Waals surface area contributed by atoms with E-state index in [1.54, 1.807) is 7.11 Å². The summed E-state index contributed by atoms with van der Waals surface area (Å²) in [5.41, 5.74) is 0. The van der Waals surface area contributed by atoms with Crippen LogP contribution in [0.25, 0.3) is 0 Å². The molecule has 0 aromatic carbocycles. The van der Waals surface area contributed by atoms with Gasteiger partial charge in [0.15, 0.2) is 0 Å². The van der Waals surface area contributed by atoms with Crippen LogP contribution in [0.3, 0.4) is 0 Å². The normalized spacial score (nSPS) is 13.4. The molecule has 0 fully saturated rings. The SMILES string of the molecule is CCCCCC(C)CCOC. The van der Waals surface area contributed by atoms with Crippen LogP contribution >= 0.6 is 0 Å². The van der Waals surface area contributed by atoms with E-state index in [-0.39, 0.29) is 0 Å². The predicted molar refractivity (Wildman–Crippen MR) is 49.8 cm³/mol. The highest BCUT2D eigenvalue weighted by molar-refractivity contribution is 4.52. The molecule has 0 rings (SSSR count). The van der Waals surface area contributed by atoms with Crippen LogP contribution in [-0.2, 0) is 4.74 Å². The molecule has 68 valence electrons. The van der Waals surface area contributed by atoms with E-state index in [1.165, 1.54) is 32.1 Å². The van der Waals surface area contributed by atoms with Gasteiger partial charge in [-0.3, -0.25) is 0 Å². The molecule has 0 amide bonds. The van der Waals surface area contributed by atoms with Crippen molar-refractivity contribution in [2.24, 2.45) is 5.92 Å². The molecule has 0 N–H and O–H groups in total. The Morgan fingerprint density at radius 3 is 2.45 bits per heavy atom. The van der Waals surface area contributed by atoms with Crippen molar-refractivity contribution in [3.8, 4) is 0 Å². The van der Waals surface area contributed by atoms with Crippen LogP contribution in [0.1, 0.15) is 46.0 Å². The topological polar surface area (TPSA) is 9.23 Å². The van der Waals surface area contributed by atoms with Crippen molar-refractivity contribution in [3.05, 3.63) is 0 Å². The fourth-order valence-corrected chi connectivity index (χ4v) is 1.21. The zero-order valence-electron chi connectivity index (χ0n) is 8.23. The summed E-state index contributed by atoms with van der Waals surface area (Å²) in [6.07, 6.45) is 6.70. The first kappa shape index (κ1) is 11.0. The molecule has 1 atom stereocenters. The summed E-state index contributed by atoms with van der Waals surface area (Å²) < 4.78 is 5.02. The second-order valence-corrected chi connectivity index (χ2v) is 3.38. The quantitative estimate of drug-likeness (QED) is 0.517. The van der Waals surface area contributed by atoms with E-state index in [2.05, 4.69) is 13.8 Å². The Hall–Kier alpha value is -0.0400. The molecule has 0 aliphatic heterocycles. The minimum atomic E-state index is 0.849. The average Bonchev–Trinajstić information content (AvgIpc) is 2.01. The van der Waals surface area contributed by atoms with Crippen molar-refractivity contribution in [2.75, 3.05) is 13.7 Å². The fourth-order valence-electron chi connectivity index (χ4n) is 1.21. The number of methoxy groups -OCH3 is 1. The van der Waals surface area contributed by atoms with Gasteiger partial charge in [0.1, 0.15) is 0 Å². The van der Waals surface area contributed by atoms with Crippen LogP contribution in [0.4, 0.5) is 0 Å². The highest BCUT2D eigenvalue weighted by Gasteiger charge is 1.99. The van der Waals surface area contributed by atoms with Gasteiger partial charge in [-0.1, -0.05) is 39.5 Å². The lowest BCUT2D eigenvalue weighted by Crippen LogP contribution is -1.99. The Labute approximate surface area is 71.1 Å². The van der Waals surface area contributed by atoms with Gasteiger partial charge in [0.05, 0.1) is 0 Å². The molecule has 0 aliphatic carbocycles. The summed E-state index contributed by atoms with van der Waals surface area (Å²) in [6.45, 7) is 5.49. The molecule has 0 aliphatic rings. The Morgan fingerprint density at radius 2 is 1.91 bits per heavy atom. The molecule has 0 radical (unpaired) electrons. The maximum Gasteiger partial charge on any atom is 0.0464 e. The standard InChI is InChI=1S/C10H22O/c1-4-5-6-7-10(2)8-9-11-3/h10H,4-9H2,1-3H3. The molecule has 0 aromatic heterocycles. The van der Waals surface area contributed by atoms with Crippen LogP contribution in [0, 0.1) is 5.92 Å². The summed E-state index contributed by atoms with van der Waals surface area (Å²) in [4.78, 5) is 0. The van der Waals surface area contributed by atoms with Gasteiger partial charge < -0.3 is 4.74 Å². The van der Waals surface area contributed by atoms with Gasteiger partial charge in [0, 0.05) is 13.7 Å². The second kappa shape index (κ2) is 8.06. The van der Waals surface area contributed by atoms with Gasteiger partial charge >= 0.3 is 0 Å². The van der Waals surface area contributed by atoms with E-state index in [1.807, 2.05) is 0 Å². The van der Waals surface area contributed by atoms with E-state index in [9.17, 15) is 0 Å². The predicted octanol–water partition coefficient (Wildman–Crippen LogP) is 3.24. The zero-order chi connectivity index (χ0) is 8.53. The third-order valence-electron chi connectivity index (χ3n) is 2.12. The van der Waals surface area contributed by atoms with Crippen molar-refractivity contribution >= 4 is 0 Å². The Morgan fingerprint density at radius 1 is 1.18 bits per heavy atom. The van der Waals surface area contributed by atoms with E-state index >= 15 is 0 Å². The van der Waals surface area contributed by atoms with Crippen molar-refractivity contribution in [2.45, 2.75) is 46.0 Å². The van der Waals surface area contributed by atoms with Gasteiger partial charge in [-0.05, 0) is 12.3 Å². The highest BCUT2D eigenvalue weighted by Crippen LogP contribution is 2.12. The van der Waals surface area contributed by atoms with Gasteiger partial charge in [-0.25, -0.2) is 0 Å². The maximum atomic E-state index is 5.02. The van der Waals surface area contributed by atoms with Crippen molar-refractivity contribution < 1.29 is 4.74 Å². The molecule has 1 nitrogen and oxygen atoms in total. The molecular formula is C10H22O. The zero-order valence-corrected chi connectivity index (χ0v) is 8.23. The van der Waals surface area contributed by atoms with E-state index < -0.39 is 0 Å². The first-order valence-corrected chi connectivity index (χ1v) is 4.80. The number of unbranched alkanes of at least 4 members (excludes halogenated alkanes) is 2. The third kappa shape index (κ3) is 7.86. The van der Waals surface area contributed by atoms with Crippen molar-refractivity contribution in [1.29, 1.82) is 0 Å². The van der Waals surface area contributed by atoms with Crippen LogP contribution in [-0.4, -0.2) is 13.7 Å². The van der Waals surface area contributed by atoms with Crippen LogP contribution < -0.4 is 0 Å². The smallest absolute Gasteiger partial charge is 0.0464 e. The second-order valence-electron chi connectivity index (χ2n) is 3.38. The summed E-state index contributed by atoms with van der Waals surface area (Å²) in [7, 11) is 1.78. The van der Waals surface area contributed by atoms with Gasteiger partial charge in [-0.2, -0.15) is 0 Å². The third-order valence-corrected chi connectivity index (χ3v) is 2.12. The van der Waals surface area contributed by atoms with E-state index in [4.69, 9.17) is 4.74 Å². The summed E-state index contributed by atoms with van der Waals surface area (Å²) in [6, 6.07) is 0. The highest BCUT2D eigenvalue weighted by atomic mass is 16.5. The number of hydrogen-bond acceptors (Lipinski definition) is 1. The summed E-state index contributed by atoms with van der Waals surface area (Å²) >= 11 is 0. The van der Waals surface area contributed by atoms with E-state index in [0.717, 1.165) is 12.5 Å². The largest absolute Gasteiger partial charge is 0.385 e. The lowest BCUT2D eigenvalue weighted by molar-refractivity contribution is 0.177. The van der Waals surface area contributed by atoms with Crippen LogP contribution in [0.5, 0.6) is 0 Å². The molecule has 0 heterocycles. The molecule has 11 heavy (non-hydrogen) atoms. The monoisotopic (exact) mass is 158 g/mol. The van der Waals surface area contributed by atoms with Crippen LogP contribution in [0.15, 0.2) is 0 Å². The van der Waals surface area contributed by atoms with Crippen LogP contribution in [0.2, 0.25) is 0 Å². The number of hydrogen-bond donors (Lipinski definition) is 0. The van der Waals surface area contributed by atoms with Gasteiger partial charge in [0.2, 0.25) is 0 Å². The Kier molecular flexibility index (Phi) is 8.03. The number of rotatable bonds is 7. The van der Waals surface area contributed by atoms with Gasteiger partial charge in [0.25, 0.3) is 0 Å². The molecule has 0 saturated carbocycles. The molecule has 1 unspecified atom stereocenters. The first-order valence-electron chi connectivity index (χ1n) is 4.80. The van der Waals surface area contributed by atoms with E-state index in [0.29, 0.717) is 0 Å². The molecule has 0 saturated heterocycles. The minimum Gasteiger partial charge on any atom is -0.385 e. The first-order chi connectivity index (χ1) is 5.31. The molecular weight excluding hydrogens is 136 g/mol. The molecule has 0 aromatic rings. The molecule has 0 bridgehead atoms. The lowest BCUT2D eigenvalue weighted by atomic mass is 10.0. The number of ether oxygens (including phenoxy) is 1. The summed E-state index contributed by atoms with van der Waals surface area (Å²) in [5, 5.41) is 0. The molecule has 0 spiro atoms. The lowest BCUT2D eigenvalue weighted by Gasteiger charge is -2.09.